The lowest BCUT2D eigenvalue weighted by Crippen LogP contribution is -2.61. The molecule has 38 heavy (non-hydrogen) atoms. The molecule has 0 radical (unpaired) electrons. The summed E-state index contributed by atoms with van der Waals surface area (Å²) in [6.45, 7) is 8.57. The summed E-state index contributed by atoms with van der Waals surface area (Å²) in [5.41, 5.74) is 1.93. The highest BCUT2D eigenvalue weighted by atomic mass is 32.2. The average Bonchev–Trinajstić information content (AvgIpc) is 2.88. The van der Waals surface area contributed by atoms with E-state index in [0.29, 0.717) is 17.0 Å². The minimum Gasteiger partial charge on any atom is -0.497 e. The van der Waals surface area contributed by atoms with E-state index >= 15 is 0 Å². The molecule has 2 unspecified atom stereocenters. The van der Waals surface area contributed by atoms with Crippen LogP contribution in [0.25, 0.3) is 5.70 Å². The maximum absolute atomic E-state index is 14.0. The topological polar surface area (TPSA) is 96.4 Å². The van der Waals surface area contributed by atoms with Crippen LogP contribution in [-0.2, 0) is 25.5 Å². The summed E-state index contributed by atoms with van der Waals surface area (Å²) < 4.78 is 10.6. The molecule has 1 aliphatic heterocycles. The van der Waals surface area contributed by atoms with E-state index in [2.05, 4.69) is 0 Å². The zero-order chi connectivity index (χ0) is 28.0. The van der Waals surface area contributed by atoms with Gasteiger partial charge in [0.05, 0.1) is 30.2 Å². The predicted octanol–water partition coefficient (Wildman–Crippen LogP) is 4.28. The minimum atomic E-state index is -1.70. The van der Waals surface area contributed by atoms with Gasteiger partial charge in [0.15, 0.2) is 6.10 Å². The van der Waals surface area contributed by atoms with E-state index in [-0.39, 0.29) is 18.2 Å². The molecular weight excluding hydrogens is 504 g/mol. The van der Waals surface area contributed by atoms with Crippen LogP contribution < -0.4 is 4.74 Å². The van der Waals surface area contributed by atoms with E-state index in [4.69, 9.17) is 9.47 Å². The van der Waals surface area contributed by atoms with Gasteiger partial charge in [-0.3, -0.25) is 9.59 Å². The zero-order valence-electron chi connectivity index (χ0n) is 22.7. The predicted molar refractivity (Wildman–Crippen MR) is 148 cm³/mol. The molecule has 0 saturated heterocycles. The van der Waals surface area contributed by atoms with Crippen molar-refractivity contribution in [1.29, 1.82) is 0 Å². The number of carbonyl (C=O) groups is 3. The Hall–Kier alpha value is -3.30. The van der Waals surface area contributed by atoms with Crippen LogP contribution in [0.4, 0.5) is 0 Å². The Morgan fingerprint density at radius 1 is 1.05 bits per heavy atom. The monoisotopic (exact) mass is 540 g/mol. The number of esters is 1. The van der Waals surface area contributed by atoms with Gasteiger partial charge in [0.2, 0.25) is 5.91 Å². The molecular formula is C29H36N2O6S. The van der Waals surface area contributed by atoms with Gasteiger partial charge in [0, 0.05) is 12.5 Å². The van der Waals surface area contributed by atoms with E-state index in [0.717, 1.165) is 5.56 Å². The third-order valence-corrected chi connectivity index (χ3v) is 7.49. The number of hydrogen-bond acceptors (Lipinski definition) is 7. The van der Waals surface area contributed by atoms with E-state index in [1.807, 2.05) is 49.6 Å². The van der Waals surface area contributed by atoms with Crippen molar-refractivity contribution < 1.29 is 29.0 Å². The second kappa shape index (κ2) is 13.0. The number of benzene rings is 2. The van der Waals surface area contributed by atoms with Gasteiger partial charge >= 0.3 is 5.97 Å². The first-order valence-corrected chi connectivity index (χ1v) is 13.6. The number of hydrogen-bond donors (Lipinski definition) is 1. The van der Waals surface area contributed by atoms with Crippen molar-refractivity contribution in [3.8, 4) is 5.75 Å². The Morgan fingerprint density at radius 3 is 2.21 bits per heavy atom. The largest absolute Gasteiger partial charge is 0.497 e. The van der Waals surface area contributed by atoms with Gasteiger partial charge in [-0.15, -0.1) is 11.8 Å². The number of carbonyl (C=O) groups excluding carboxylic acids is 3. The molecule has 0 bridgehead atoms. The molecule has 0 spiro atoms. The summed E-state index contributed by atoms with van der Waals surface area (Å²) in [5.74, 6) is -1.05. The van der Waals surface area contributed by atoms with E-state index < -0.39 is 35.4 Å². The lowest BCUT2D eigenvalue weighted by Gasteiger charge is -2.45. The second-order valence-corrected chi connectivity index (χ2v) is 10.7. The van der Waals surface area contributed by atoms with Gasteiger partial charge < -0.3 is 14.6 Å². The molecule has 3 rings (SSSR count). The SMILES string of the molecule is COc1ccc(C2=CSC(C(C)C)C(=O)N2N(C(C)=O)[C@@H](Cc2ccccc2)C(O)C(=O)OC(C)C)cc1. The summed E-state index contributed by atoms with van der Waals surface area (Å²) in [6, 6.07) is 15.3. The normalized spacial score (nSPS) is 17.2. The maximum atomic E-state index is 14.0. The number of aliphatic hydroxyl groups excluding tert-OH is 1. The van der Waals surface area contributed by atoms with E-state index in [9.17, 15) is 19.5 Å². The van der Waals surface area contributed by atoms with Crippen molar-refractivity contribution in [2.24, 2.45) is 5.92 Å². The van der Waals surface area contributed by atoms with Crippen LogP contribution in [0.5, 0.6) is 5.75 Å². The van der Waals surface area contributed by atoms with Gasteiger partial charge in [-0.05, 0) is 61.4 Å². The third-order valence-electron chi connectivity index (χ3n) is 6.10. The Kier molecular flexibility index (Phi) is 9.99. The number of thioether (sulfide) groups is 1. The minimum absolute atomic E-state index is 0.0270. The molecule has 204 valence electrons. The Morgan fingerprint density at radius 2 is 1.68 bits per heavy atom. The number of ether oxygens (including phenoxy) is 2. The van der Waals surface area contributed by atoms with Gasteiger partial charge in [-0.2, -0.15) is 0 Å². The molecule has 0 aromatic heterocycles. The molecule has 1 heterocycles. The van der Waals surface area contributed by atoms with Crippen molar-refractivity contribution in [2.75, 3.05) is 7.11 Å². The van der Waals surface area contributed by atoms with Crippen molar-refractivity contribution in [3.05, 3.63) is 71.1 Å². The molecule has 1 aliphatic rings. The molecule has 3 atom stereocenters. The lowest BCUT2D eigenvalue weighted by atomic mass is 9.99. The fourth-order valence-electron chi connectivity index (χ4n) is 4.27. The van der Waals surface area contributed by atoms with Crippen LogP contribution in [0.15, 0.2) is 60.0 Å². The summed E-state index contributed by atoms with van der Waals surface area (Å²) in [5, 5.41) is 15.2. The Labute approximate surface area is 228 Å². The quantitative estimate of drug-likeness (QED) is 0.450. The standard InChI is InChI=1S/C29H36N2O6S/c1-18(2)27-28(34)31(25(17-38-27)22-12-14-23(36-6)15-13-22)30(20(5)32)24(16-21-10-8-7-9-11-21)26(33)29(35)37-19(3)4/h7-15,17-19,24,26-27,33H,16H2,1-6H3/t24-,26?,27?/m0/s1. The average molecular weight is 541 g/mol. The van der Waals surface area contributed by atoms with Crippen molar-refractivity contribution >= 4 is 35.2 Å². The number of hydrazine groups is 1. The van der Waals surface area contributed by atoms with Crippen LogP contribution in [0.1, 0.15) is 45.7 Å². The molecule has 0 fully saturated rings. The number of methoxy groups -OCH3 is 1. The number of rotatable bonds is 10. The summed E-state index contributed by atoms with van der Waals surface area (Å²) >= 11 is 1.39. The maximum Gasteiger partial charge on any atom is 0.337 e. The van der Waals surface area contributed by atoms with Crippen LogP contribution in [0.3, 0.4) is 0 Å². The first-order valence-electron chi connectivity index (χ1n) is 12.6. The summed E-state index contributed by atoms with van der Waals surface area (Å²) in [4.78, 5) is 40.3. The highest BCUT2D eigenvalue weighted by Crippen LogP contribution is 2.38. The van der Waals surface area contributed by atoms with Gasteiger partial charge in [-0.25, -0.2) is 14.8 Å². The van der Waals surface area contributed by atoms with Gasteiger partial charge in [0.1, 0.15) is 5.75 Å². The van der Waals surface area contributed by atoms with Crippen molar-refractivity contribution in [2.45, 2.75) is 64.5 Å². The first kappa shape index (κ1) is 29.3. The van der Waals surface area contributed by atoms with Crippen molar-refractivity contribution in [3.63, 3.8) is 0 Å². The smallest absolute Gasteiger partial charge is 0.337 e. The van der Waals surface area contributed by atoms with Crippen LogP contribution in [-0.4, -0.2) is 63.5 Å². The van der Waals surface area contributed by atoms with Crippen LogP contribution >= 0.6 is 11.8 Å². The first-order chi connectivity index (χ1) is 18.0. The summed E-state index contributed by atoms with van der Waals surface area (Å²) in [7, 11) is 1.57. The zero-order valence-corrected chi connectivity index (χ0v) is 23.5. The van der Waals surface area contributed by atoms with Crippen molar-refractivity contribution in [1.82, 2.24) is 10.0 Å². The Balaban J connectivity index is 2.16. The van der Waals surface area contributed by atoms with E-state index in [1.54, 1.807) is 45.2 Å². The fourth-order valence-corrected chi connectivity index (χ4v) is 5.31. The molecule has 0 aliphatic carbocycles. The third kappa shape index (κ3) is 6.76. The van der Waals surface area contributed by atoms with Crippen LogP contribution in [0, 0.1) is 5.92 Å². The van der Waals surface area contributed by atoms with Gasteiger partial charge in [0.25, 0.3) is 5.91 Å². The molecule has 2 aromatic rings. The highest BCUT2D eigenvalue weighted by molar-refractivity contribution is 8.03. The number of amides is 2. The van der Waals surface area contributed by atoms with E-state index in [1.165, 1.54) is 28.7 Å². The molecule has 9 heteroatoms. The van der Waals surface area contributed by atoms with Crippen LogP contribution in [0.2, 0.25) is 0 Å². The number of aliphatic hydroxyl groups is 1. The lowest BCUT2D eigenvalue weighted by molar-refractivity contribution is -0.175. The number of nitrogens with zero attached hydrogens (tertiary/aromatic N) is 2. The fraction of sp³-hybridized carbons (Fsp3) is 0.414. The molecule has 2 amide bonds. The molecule has 8 nitrogen and oxygen atoms in total. The second-order valence-electron chi connectivity index (χ2n) is 9.73. The highest BCUT2D eigenvalue weighted by Gasteiger charge is 2.44. The summed E-state index contributed by atoms with van der Waals surface area (Å²) in [6.07, 6.45) is -2.04. The molecule has 0 saturated carbocycles. The Bertz CT molecular complexity index is 1150. The van der Waals surface area contributed by atoms with Gasteiger partial charge in [-0.1, -0.05) is 44.2 Å². The molecule has 2 aromatic carbocycles. The molecule has 1 N–H and O–H groups in total.